The molecule has 0 heteroatoms. The summed E-state index contributed by atoms with van der Waals surface area (Å²) in [5.74, 6) is 1.10. The normalized spacial score (nSPS) is 15.3. The van der Waals surface area contributed by atoms with Gasteiger partial charge in [-0.05, 0) is 5.92 Å². The quantitative estimate of drug-likeness (QED) is 0.170. The summed E-state index contributed by atoms with van der Waals surface area (Å²) in [6.45, 7) is 2.31. The van der Waals surface area contributed by atoms with Crippen LogP contribution in [0.15, 0.2) is 0 Å². The predicted octanol–water partition coefficient (Wildman–Crippen LogP) is 10.8. The molecule has 0 unspecified atom stereocenters. The van der Waals surface area contributed by atoms with E-state index in [2.05, 4.69) is 6.92 Å². The topological polar surface area (TPSA) is 0 Å². The van der Waals surface area contributed by atoms with Crippen molar-refractivity contribution < 1.29 is 0 Å². The second-order valence-corrected chi connectivity index (χ2v) is 10.0. The molecule has 1 fully saturated rings. The molecule has 0 bridgehead atoms. The summed E-state index contributed by atoms with van der Waals surface area (Å²) in [5.41, 5.74) is 0. The fourth-order valence-electron chi connectivity index (χ4n) is 5.16. The summed E-state index contributed by atoms with van der Waals surface area (Å²) < 4.78 is 0. The number of unbranched alkanes of at least 4 members (excludes halogenated alkanes) is 19. The third-order valence-corrected chi connectivity index (χ3v) is 7.19. The number of hydrogen-bond donors (Lipinski definition) is 0. The monoisotopic (exact) mass is 392 g/mol. The zero-order valence-electron chi connectivity index (χ0n) is 20.0. The van der Waals surface area contributed by atoms with Gasteiger partial charge in [0.25, 0.3) is 0 Å². The number of hydrogen-bond acceptors (Lipinski definition) is 0. The lowest BCUT2D eigenvalue weighted by atomic mass is 9.85. The van der Waals surface area contributed by atoms with Gasteiger partial charge in [-0.25, -0.2) is 0 Å². The smallest absolute Gasteiger partial charge is 0.0414 e. The largest absolute Gasteiger partial charge is 0.0654 e. The van der Waals surface area contributed by atoms with E-state index < -0.39 is 0 Å². The molecule has 0 atom stereocenters. The van der Waals surface area contributed by atoms with Crippen molar-refractivity contribution in [3.05, 3.63) is 0 Å². The fourth-order valence-corrected chi connectivity index (χ4v) is 5.16. The van der Waals surface area contributed by atoms with E-state index in [0.29, 0.717) is 0 Å². The minimum absolute atomic E-state index is 1.10. The van der Waals surface area contributed by atoms with E-state index in [1.165, 1.54) is 148 Å². The van der Waals surface area contributed by atoms with E-state index in [9.17, 15) is 0 Å². The molecule has 0 aromatic rings. The molecule has 0 aliphatic heterocycles. The lowest BCUT2D eigenvalue weighted by Gasteiger charge is -2.21. The third kappa shape index (κ3) is 18.1. The minimum atomic E-state index is 1.10. The van der Waals surface area contributed by atoms with E-state index in [1.807, 2.05) is 0 Å². The van der Waals surface area contributed by atoms with Crippen LogP contribution < -0.4 is 0 Å². The first-order valence-corrected chi connectivity index (χ1v) is 13.9. The Labute approximate surface area is 180 Å². The molecule has 0 saturated heterocycles. The van der Waals surface area contributed by atoms with Crippen molar-refractivity contribution >= 4 is 0 Å². The molecule has 0 heterocycles. The van der Waals surface area contributed by atoms with Gasteiger partial charge in [-0.2, -0.15) is 0 Å². The standard InChI is InChI=1S/C28H56/c1-2-3-4-5-6-7-8-9-10-11-12-13-14-15-16-17-18-19-20-22-25-28-26-23-21-24-27-28/h28H,2-27H2,1H3. The molecular formula is C28H56. The molecule has 168 valence electrons. The summed E-state index contributed by atoms with van der Waals surface area (Å²) in [6.07, 6.45) is 38.9. The average Bonchev–Trinajstić information content (AvgIpc) is 2.73. The Morgan fingerprint density at radius 3 is 1.07 bits per heavy atom. The van der Waals surface area contributed by atoms with Gasteiger partial charge in [0.1, 0.15) is 0 Å². The lowest BCUT2D eigenvalue weighted by Crippen LogP contribution is -2.05. The Kier molecular flexibility index (Phi) is 20.2. The first-order valence-electron chi connectivity index (χ1n) is 13.9. The summed E-state index contributed by atoms with van der Waals surface area (Å²) in [4.78, 5) is 0. The van der Waals surface area contributed by atoms with Crippen LogP contribution in [0.4, 0.5) is 0 Å². The molecule has 0 radical (unpaired) electrons. The Morgan fingerprint density at radius 1 is 0.393 bits per heavy atom. The predicted molar refractivity (Wildman–Crippen MR) is 129 cm³/mol. The molecular weight excluding hydrogens is 336 g/mol. The van der Waals surface area contributed by atoms with Crippen molar-refractivity contribution in [2.45, 2.75) is 174 Å². The molecule has 0 spiro atoms. The summed E-state index contributed by atoms with van der Waals surface area (Å²) in [7, 11) is 0. The van der Waals surface area contributed by atoms with Gasteiger partial charge in [0.05, 0.1) is 0 Å². The molecule has 1 aliphatic rings. The van der Waals surface area contributed by atoms with Crippen molar-refractivity contribution in [3.63, 3.8) is 0 Å². The van der Waals surface area contributed by atoms with Gasteiger partial charge in [-0.15, -0.1) is 0 Å². The maximum absolute atomic E-state index is 2.31. The van der Waals surface area contributed by atoms with Crippen LogP contribution in [0, 0.1) is 5.92 Å². The van der Waals surface area contributed by atoms with Crippen LogP contribution in [0.5, 0.6) is 0 Å². The fraction of sp³-hybridized carbons (Fsp3) is 1.00. The Balaban J connectivity index is 1.64. The Bertz CT molecular complexity index is 276. The van der Waals surface area contributed by atoms with E-state index in [-0.39, 0.29) is 0 Å². The highest BCUT2D eigenvalue weighted by molar-refractivity contribution is 4.65. The zero-order chi connectivity index (χ0) is 20.0. The van der Waals surface area contributed by atoms with Gasteiger partial charge in [0.15, 0.2) is 0 Å². The summed E-state index contributed by atoms with van der Waals surface area (Å²) in [6, 6.07) is 0. The number of rotatable bonds is 21. The lowest BCUT2D eigenvalue weighted by molar-refractivity contribution is 0.328. The molecule has 0 amide bonds. The minimum Gasteiger partial charge on any atom is -0.0654 e. The van der Waals surface area contributed by atoms with Crippen LogP contribution in [-0.2, 0) is 0 Å². The highest BCUT2D eigenvalue weighted by Crippen LogP contribution is 2.28. The van der Waals surface area contributed by atoms with Crippen LogP contribution >= 0.6 is 0 Å². The van der Waals surface area contributed by atoms with Crippen molar-refractivity contribution in [3.8, 4) is 0 Å². The van der Waals surface area contributed by atoms with Gasteiger partial charge >= 0.3 is 0 Å². The van der Waals surface area contributed by atoms with Gasteiger partial charge in [-0.3, -0.25) is 0 Å². The maximum atomic E-state index is 2.31. The molecule has 28 heavy (non-hydrogen) atoms. The van der Waals surface area contributed by atoms with Crippen LogP contribution in [0.1, 0.15) is 174 Å². The third-order valence-electron chi connectivity index (χ3n) is 7.19. The molecule has 0 aromatic carbocycles. The van der Waals surface area contributed by atoms with Gasteiger partial charge in [-0.1, -0.05) is 174 Å². The average molecular weight is 393 g/mol. The van der Waals surface area contributed by atoms with Crippen molar-refractivity contribution in [2.24, 2.45) is 5.92 Å². The summed E-state index contributed by atoms with van der Waals surface area (Å²) in [5, 5.41) is 0. The molecule has 1 saturated carbocycles. The van der Waals surface area contributed by atoms with Crippen LogP contribution in [-0.4, -0.2) is 0 Å². The molecule has 0 aromatic heterocycles. The first kappa shape index (κ1) is 26.0. The summed E-state index contributed by atoms with van der Waals surface area (Å²) >= 11 is 0. The van der Waals surface area contributed by atoms with E-state index in [0.717, 1.165) is 5.92 Å². The Morgan fingerprint density at radius 2 is 0.714 bits per heavy atom. The van der Waals surface area contributed by atoms with Crippen molar-refractivity contribution in [1.82, 2.24) is 0 Å². The van der Waals surface area contributed by atoms with Crippen molar-refractivity contribution in [1.29, 1.82) is 0 Å². The van der Waals surface area contributed by atoms with Crippen LogP contribution in [0.3, 0.4) is 0 Å². The highest BCUT2D eigenvalue weighted by atomic mass is 14.2. The van der Waals surface area contributed by atoms with Crippen molar-refractivity contribution in [2.75, 3.05) is 0 Å². The second-order valence-electron chi connectivity index (χ2n) is 10.0. The van der Waals surface area contributed by atoms with Crippen LogP contribution in [0.2, 0.25) is 0 Å². The van der Waals surface area contributed by atoms with E-state index in [4.69, 9.17) is 0 Å². The van der Waals surface area contributed by atoms with Crippen LogP contribution in [0.25, 0.3) is 0 Å². The zero-order valence-corrected chi connectivity index (χ0v) is 20.0. The van der Waals surface area contributed by atoms with Gasteiger partial charge in [0.2, 0.25) is 0 Å². The SMILES string of the molecule is CCCCCCCCCCCCCCCCCCCCCCC1CCCCC1. The molecule has 1 rings (SSSR count). The van der Waals surface area contributed by atoms with E-state index >= 15 is 0 Å². The molecule has 0 nitrogen and oxygen atoms in total. The molecule has 0 N–H and O–H groups in total. The van der Waals surface area contributed by atoms with E-state index in [1.54, 1.807) is 19.3 Å². The maximum Gasteiger partial charge on any atom is -0.0414 e. The highest BCUT2D eigenvalue weighted by Gasteiger charge is 2.12. The first-order chi connectivity index (χ1) is 13.9. The molecule has 1 aliphatic carbocycles. The second kappa shape index (κ2) is 21.7. The Hall–Kier alpha value is 0. The van der Waals surface area contributed by atoms with Gasteiger partial charge < -0.3 is 0 Å². The van der Waals surface area contributed by atoms with Gasteiger partial charge in [0, 0.05) is 0 Å².